The molecule has 1 saturated heterocycles. The first-order chi connectivity index (χ1) is 8.88. The van der Waals surface area contributed by atoms with E-state index in [2.05, 4.69) is 46.7 Å². The number of anilines is 1. The Bertz CT molecular complexity index is 328. The molecule has 0 aromatic heterocycles. The van der Waals surface area contributed by atoms with Gasteiger partial charge in [-0.25, -0.2) is 0 Å². The average Bonchev–Trinajstić information content (AvgIpc) is 2.45. The molecule has 0 unspecified atom stereocenters. The SMILES string of the molecule is CCc1ccc(NCCCN2CCNCC2)cc1. The Morgan fingerprint density at radius 3 is 2.56 bits per heavy atom. The lowest BCUT2D eigenvalue weighted by Gasteiger charge is -2.27. The van der Waals surface area contributed by atoms with Gasteiger partial charge < -0.3 is 15.5 Å². The predicted octanol–water partition coefficient (Wildman–Crippen LogP) is 1.96. The summed E-state index contributed by atoms with van der Waals surface area (Å²) in [6.45, 7) is 9.15. The minimum atomic E-state index is 1.06. The van der Waals surface area contributed by atoms with E-state index in [9.17, 15) is 0 Å². The molecule has 1 aromatic rings. The fourth-order valence-corrected chi connectivity index (χ4v) is 2.33. The highest BCUT2D eigenvalue weighted by Gasteiger charge is 2.07. The lowest BCUT2D eigenvalue weighted by molar-refractivity contribution is 0.240. The van der Waals surface area contributed by atoms with Crippen LogP contribution in [0.15, 0.2) is 24.3 Å². The van der Waals surface area contributed by atoms with Crippen LogP contribution in [0.5, 0.6) is 0 Å². The minimum Gasteiger partial charge on any atom is -0.385 e. The Hall–Kier alpha value is -1.06. The quantitative estimate of drug-likeness (QED) is 0.753. The molecule has 1 fully saturated rings. The van der Waals surface area contributed by atoms with Crippen LogP contribution in [-0.4, -0.2) is 44.2 Å². The number of nitrogens with one attached hydrogen (secondary N) is 2. The molecule has 0 radical (unpaired) electrons. The van der Waals surface area contributed by atoms with Crippen molar-refractivity contribution in [3.8, 4) is 0 Å². The molecule has 0 bridgehead atoms. The molecule has 1 aliphatic heterocycles. The maximum absolute atomic E-state index is 3.49. The smallest absolute Gasteiger partial charge is 0.0340 e. The van der Waals surface area contributed by atoms with Crippen molar-refractivity contribution in [1.82, 2.24) is 10.2 Å². The van der Waals surface area contributed by atoms with Gasteiger partial charge in [-0.3, -0.25) is 0 Å². The zero-order valence-electron chi connectivity index (χ0n) is 11.4. The molecular formula is C15H25N3. The van der Waals surface area contributed by atoms with Gasteiger partial charge in [0.25, 0.3) is 0 Å². The molecule has 0 amide bonds. The van der Waals surface area contributed by atoms with E-state index >= 15 is 0 Å². The Morgan fingerprint density at radius 2 is 1.89 bits per heavy atom. The summed E-state index contributed by atoms with van der Waals surface area (Å²) in [6, 6.07) is 8.78. The standard InChI is InChI=1S/C15H25N3/c1-2-14-4-6-15(7-5-14)17-8-3-11-18-12-9-16-10-13-18/h4-7,16-17H,2-3,8-13H2,1H3. The zero-order valence-corrected chi connectivity index (χ0v) is 11.4. The van der Waals surface area contributed by atoms with Crippen molar-refractivity contribution >= 4 is 5.69 Å². The monoisotopic (exact) mass is 247 g/mol. The number of hydrogen-bond acceptors (Lipinski definition) is 3. The van der Waals surface area contributed by atoms with Crippen LogP contribution in [0.25, 0.3) is 0 Å². The van der Waals surface area contributed by atoms with E-state index in [-0.39, 0.29) is 0 Å². The van der Waals surface area contributed by atoms with Crippen LogP contribution in [0.4, 0.5) is 5.69 Å². The fourth-order valence-electron chi connectivity index (χ4n) is 2.33. The zero-order chi connectivity index (χ0) is 12.6. The summed E-state index contributed by atoms with van der Waals surface area (Å²) in [7, 11) is 0. The number of piperazine rings is 1. The highest BCUT2D eigenvalue weighted by molar-refractivity contribution is 5.44. The second-order valence-corrected chi connectivity index (χ2v) is 4.92. The minimum absolute atomic E-state index is 1.06. The van der Waals surface area contributed by atoms with Gasteiger partial charge >= 0.3 is 0 Å². The molecule has 3 heteroatoms. The van der Waals surface area contributed by atoms with E-state index in [1.165, 1.54) is 37.3 Å². The molecule has 0 saturated carbocycles. The van der Waals surface area contributed by atoms with Crippen LogP contribution in [-0.2, 0) is 6.42 Å². The summed E-state index contributed by atoms with van der Waals surface area (Å²) >= 11 is 0. The summed E-state index contributed by atoms with van der Waals surface area (Å²) in [5.41, 5.74) is 2.65. The Labute approximate surface area is 111 Å². The van der Waals surface area contributed by atoms with Gasteiger partial charge in [-0.15, -0.1) is 0 Å². The molecule has 2 rings (SSSR count). The lowest BCUT2D eigenvalue weighted by atomic mass is 10.1. The van der Waals surface area contributed by atoms with Crippen molar-refractivity contribution in [1.29, 1.82) is 0 Å². The molecule has 1 aromatic carbocycles. The van der Waals surface area contributed by atoms with E-state index in [1.807, 2.05) is 0 Å². The van der Waals surface area contributed by atoms with E-state index < -0.39 is 0 Å². The van der Waals surface area contributed by atoms with E-state index in [4.69, 9.17) is 0 Å². The molecule has 2 N–H and O–H groups in total. The van der Waals surface area contributed by atoms with Gasteiger partial charge in [0.05, 0.1) is 0 Å². The van der Waals surface area contributed by atoms with Gasteiger partial charge in [0, 0.05) is 38.4 Å². The van der Waals surface area contributed by atoms with Crippen molar-refractivity contribution < 1.29 is 0 Å². The van der Waals surface area contributed by atoms with Gasteiger partial charge in [-0.05, 0) is 37.1 Å². The summed E-state index contributed by atoms with van der Waals surface area (Å²) in [5.74, 6) is 0. The van der Waals surface area contributed by atoms with Crippen LogP contribution in [0.1, 0.15) is 18.9 Å². The van der Waals surface area contributed by atoms with Gasteiger partial charge in [-0.2, -0.15) is 0 Å². The number of aryl methyl sites for hydroxylation is 1. The Balaban J connectivity index is 1.62. The molecule has 1 heterocycles. The van der Waals surface area contributed by atoms with Crippen LogP contribution in [0, 0.1) is 0 Å². The molecule has 0 aliphatic carbocycles. The number of nitrogens with zero attached hydrogens (tertiary/aromatic N) is 1. The first-order valence-corrected chi connectivity index (χ1v) is 7.14. The number of benzene rings is 1. The molecule has 0 spiro atoms. The second kappa shape index (κ2) is 7.39. The van der Waals surface area contributed by atoms with Crippen LogP contribution in [0.2, 0.25) is 0 Å². The maximum atomic E-state index is 3.49. The van der Waals surface area contributed by atoms with E-state index in [1.54, 1.807) is 0 Å². The third-order valence-corrected chi connectivity index (χ3v) is 3.55. The molecule has 1 aliphatic rings. The predicted molar refractivity (Wildman–Crippen MR) is 78.2 cm³/mol. The number of rotatable bonds is 6. The Kier molecular flexibility index (Phi) is 5.49. The van der Waals surface area contributed by atoms with Crippen LogP contribution in [0.3, 0.4) is 0 Å². The van der Waals surface area contributed by atoms with Crippen LogP contribution < -0.4 is 10.6 Å². The van der Waals surface area contributed by atoms with Crippen molar-refractivity contribution in [3.05, 3.63) is 29.8 Å². The average molecular weight is 247 g/mol. The first-order valence-electron chi connectivity index (χ1n) is 7.14. The summed E-state index contributed by atoms with van der Waals surface area (Å²) in [5, 5.41) is 6.88. The second-order valence-electron chi connectivity index (χ2n) is 4.92. The van der Waals surface area contributed by atoms with Crippen molar-refractivity contribution in [2.45, 2.75) is 19.8 Å². The normalized spacial score (nSPS) is 16.7. The van der Waals surface area contributed by atoms with Crippen LogP contribution >= 0.6 is 0 Å². The molecular weight excluding hydrogens is 222 g/mol. The third-order valence-electron chi connectivity index (χ3n) is 3.55. The highest BCUT2D eigenvalue weighted by atomic mass is 15.2. The van der Waals surface area contributed by atoms with Gasteiger partial charge in [0.15, 0.2) is 0 Å². The van der Waals surface area contributed by atoms with Gasteiger partial charge in [0.1, 0.15) is 0 Å². The lowest BCUT2D eigenvalue weighted by Crippen LogP contribution is -2.44. The van der Waals surface area contributed by atoms with E-state index in [0.29, 0.717) is 0 Å². The fraction of sp³-hybridized carbons (Fsp3) is 0.600. The largest absolute Gasteiger partial charge is 0.385 e. The van der Waals surface area contributed by atoms with Crippen molar-refractivity contribution in [2.75, 3.05) is 44.6 Å². The summed E-state index contributed by atoms with van der Waals surface area (Å²) in [6.07, 6.45) is 2.33. The molecule has 100 valence electrons. The summed E-state index contributed by atoms with van der Waals surface area (Å²) in [4.78, 5) is 2.54. The molecule has 3 nitrogen and oxygen atoms in total. The number of hydrogen-bond donors (Lipinski definition) is 2. The topological polar surface area (TPSA) is 27.3 Å². The van der Waals surface area contributed by atoms with Gasteiger partial charge in [-0.1, -0.05) is 19.1 Å². The van der Waals surface area contributed by atoms with Crippen molar-refractivity contribution in [3.63, 3.8) is 0 Å². The molecule has 18 heavy (non-hydrogen) atoms. The summed E-state index contributed by atoms with van der Waals surface area (Å²) < 4.78 is 0. The maximum Gasteiger partial charge on any atom is 0.0340 e. The first kappa shape index (κ1) is 13.4. The third kappa shape index (κ3) is 4.31. The van der Waals surface area contributed by atoms with Gasteiger partial charge in [0.2, 0.25) is 0 Å². The van der Waals surface area contributed by atoms with Crippen molar-refractivity contribution in [2.24, 2.45) is 0 Å². The molecule has 0 atom stereocenters. The Morgan fingerprint density at radius 1 is 1.17 bits per heavy atom. The van der Waals surface area contributed by atoms with E-state index in [0.717, 1.165) is 26.1 Å². The highest BCUT2D eigenvalue weighted by Crippen LogP contribution is 2.09.